The Kier molecular flexibility index (Phi) is 5.52. The number of pyridine rings is 2. The minimum Gasteiger partial charge on any atom is -0.457 e. The van der Waals surface area contributed by atoms with Crippen LogP contribution in [0.2, 0.25) is 0 Å². The van der Waals surface area contributed by atoms with E-state index in [1.807, 2.05) is 48.1 Å². The van der Waals surface area contributed by atoms with Crippen molar-refractivity contribution >= 4 is 34.4 Å². The number of rotatable bonds is 6. The monoisotopic (exact) mass is 443 g/mol. The molecule has 4 aromatic rings. The van der Waals surface area contributed by atoms with Crippen molar-refractivity contribution in [2.75, 3.05) is 30.4 Å². The summed E-state index contributed by atoms with van der Waals surface area (Å²) in [5, 5.41) is 5.91. The largest absolute Gasteiger partial charge is 0.457 e. The van der Waals surface area contributed by atoms with Gasteiger partial charge < -0.3 is 24.8 Å². The number of carbonyl (C=O) groups is 1. The number of nitrogens with zero attached hydrogens (tertiary/aromatic N) is 5. The number of anilines is 3. The molecule has 0 aliphatic carbocycles. The molecule has 1 aliphatic heterocycles. The first-order valence-corrected chi connectivity index (χ1v) is 10.9. The van der Waals surface area contributed by atoms with Crippen LogP contribution in [0.3, 0.4) is 0 Å². The highest BCUT2D eigenvalue weighted by Crippen LogP contribution is 2.28. The molecule has 4 heterocycles. The van der Waals surface area contributed by atoms with E-state index in [1.54, 1.807) is 25.4 Å². The predicted molar refractivity (Wildman–Crippen MR) is 127 cm³/mol. The minimum absolute atomic E-state index is 0.265. The third-order valence-electron chi connectivity index (χ3n) is 5.71. The third-order valence-corrected chi connectivity index (χ3v) is 5.71. The van der Waals surface area contributed by atoms with Gasteiger partial charge in [0.2, 0.25) is 5.95 Å². The van der Waals surface area contributed by atoms with Gasteiger partial charge in [-0.1, -0.05) is 0 Å². The molecule has 1 aromatic carbocycles. The molecular weight excluding hydrogens is 418 g/mol. The van der Waals surface area contributed by atoms with Crippen molar-refractivity contribution in [2.45, 2.75) is 12.8 Å². The Balaban J connectivity index is 1.34. The maximum absolute atomic E-state index is 11.8. The van der Waals surface area contributed by atoms with E-state index in [-0.39, 0.29) is 5.91 Å². The summed E-state index contributed by atoms with van der Waals surface area (Å²) >= 11 is 0. The van der Waals surface area contributed by atoms with Crippen LogP contribution in [0.4, 0.5) is 17.5 Å². The second-order valence-electron chi connectivity index (χ2n) is 7.93. The summed E-state index contributed by atoms with van der Waals surface area (Å²) in [5.41, 5.74) is 2.93. The van der Waals surface area contributed by atoms with Crippen LogP contribution < -0.4 is 20.3 Å². The first kappa shape index (κ1) is 20.7. The van der Waals surface area contributed by atoms with Gasteiger partial charge in [-0.2, -0.15) is 0 Å². The Morgan fingerprint density at radius 1 is 1.03 bits per heavy atom. The van der Waals surface area contributed by atoms with Crippen molar-refractivity contribution in [3.63, 3.8) is 0 Å². The smallest absolute Gasteiger partial charge is 0.269 e. The zero-order chi connectivity index (χ0) is 22.8. The SMILES string of the molecule is CNC(=O)c1cc(Oc2ccc3c(c2)nc(Nc2ccc(N4CCCC4)nc2)n3C)ccn1. The number of amides is 1. The number of hydrogen-bond donors (Lipinski definition) is 2. The van der Waals surface area contributed by atoms with Crippen LogP contribution in [0.25, 0.3) is 11.0 Å². The average Bonchev–Trinajstić information content (AvgIpc) is 3.48. The number of aryl methyl sites for hydroxylation is 1. The lowest BCUT2D eigenvalue weighted by atomic mass is 10.3. The lowest BCUT2D eigenvalue weighted by molar-refractivity contribution is 0.0958. The molecule has 1 amide bonds. The minimum atomic E-state index is -0.265. The maximum Gasteiger partial charge on any atom is 0.269 e. The van der Waals surface area contributed by atoms with Crippen molar-refractivity contribution in [1.82, 2.24) is 24.8 Å². The zero-order valence-electron chi connectivity index (χ0n) is 18.6. The molecule has 0 bridgehead atoms. The summed E-state index contributed by atoms with van der Waals surface area (Å²) in [6.45, 7) is 2.14. The fourth-order valence-corrected chi connectivity index (χ4v) is 3.94. The van der Waals surface area contributed by atoms with Crippen molar-refractivity contribution in [2.24, 2.45) is 7.05 Å². The normalized spacial score (nSPS) is 13.3. The van der Waals surface area contributed by atoms with E-state index < -0.39 is 0 Å². The van der Waals surface area contributed by atoms with E-state index in [0.29, 0.717) is 23.1 Å². The lowest BCUT2D eigenvalue weighted by Gasteiger charge is -2.16. The van der Waals surface area contributed by atoms with Crippen LogP contribution in [-0.4, -0.2) is 45.6 Å². The van der Waals surface area contributed by atoms with Crippen LogP contribution in [0, 0.1) is 0 Å². The van der Waals surface area contributed by atoms with Gasteiger partial charge in [0.1, 0.15) is 23.0 Å². The van der Waals surface area contributed by atoms with E-state index in [0.717, 1.165) is 35.6 Å². The number of carbonyl (C=O) groups excluding carboxylic acids is 1. The van der Waals surface area contributed by atoms with Crippen LogP contribution in [0.5, 0.6) is 11.5 Å². The van der Waals surface area contributed by atoms with Gasteiger partial charge >= 0.3 is 0 Å². The highest BCUT2D eigenvalue weighted by atomic mass is 16.5. The van der Waals surface area contributed by atoms with E-state index in [4.69, 9.17) is 9.72 Å². The molecular formula is C24H25N7O2. The summed E-state index contributed by atoms with van der Waals surface area (Å²) in [5.74, 6) is 2.61. The fraction of sp³-hybridized carbons (Fsp3) is 0.250. The predicted octanol–water partition coefficient (Wildman–Crippen LogP) is 3.86. The summed E-state index contributed by atoms with van der Waals surface area (Å²) < 4.78 is 7.94. The summed E-state index contributed by atoms with van der Waals surface area (Å²) in [6.07, 6.45) is 5.84. The van der Waals surface area contributed by atoms with Crippen molar-refractivity contribution in [3.05, 3.63) is 60.6 Å². The van der Waals surface area contributed by atoms with Crippen LogP contribution in [-0.2, 0) is 7.05 Å². The first-order valence-electron chi connectivity index (χ1n) is 10.9. The molecule has 33 heavy (non-hydrogen) atoms. The van der Waals surface area contributed by atoms with Gasteiger partial charge in [0.05, 0.1) is 22.9 Å². The molecule has 1 saturated heterocycles. The van der Waals surface area contributed by atoms with Gasteiger partial charge in [0.25, 0.3) is 5.91 Å². The zero-order valence-corrected chi connectivity index (χ0v) is 18.6. The van der Waals surface area contributed by atoms with Crippen LogP contribution in [0.1, 0.15) is 23.3 Å². The molecule has 9 nitrogen and oxygen atoms in total. The summed E-state index contributed by atoms with van der Waals surface area (Å²) in [4.78, 5) is 27.5. The van der Waals surface area contributed by atoms with Gasteiger partial charge in [0.15, 0.2) is 0 Å². The molecule has 9 heteroatoms. The number of aromatic nitrogens is 4. The Bertz CT molecular complexity index is 1290. The standard InChI is InChI=1S/C24H25N7O2/c1-25-23(32)20-14-18(9-10-26-20)33-17-6-7-21-19(13-17)29-24(30(21)2)28-16-5-8-22(27-15-16)31-11-3-4-12-31/h5-10,13-15H,3-4,11-12H2,1-2H3,(H,25,32)(H,28,29). The van der Waals surface area contributed by atoms with Gasteiger partial charge in [-0.3, -0.25) is 9.78 Å². The van der Waals surface area contributed by atoms with Crippen molar-refractivity contribution in [3.8, 4) is 11.5 Å². The molecule has 0 saturated carbocycles. The van der Waals surface area contributed by atoms with Gasteiger partial charge in [-0.25, -0.2) is 9.97 Å². The van der Waals surface area contributed by atoms with Gasteiger partial charge in [0, 0.05) is 45.5 Å². The summed E-state index contributed by atoms with van der Waals surface area (Å²) in [7, 11) is 3.53. The lowest BCUT2D eigenvalue weighted by Crippen LogP contribution is -2.18. The number of imidazole rings is 1. The first-order chi connectivity index (χ1) is 16.1. The molecule has 0 spiro atoms. The molecule has 1 fully saturated rings. The number of nitrogens with one attached hydrogen (secondary N) is 2. The van der Waals surface area contributed by atoms with Crippen molar-refractivity contribution < 1.29 is 9.53 Å². The topological polar surface area (TPSA) is 97.2 Å². The number of benzene rings is 1. The van der Waals surface area contributed by atoms with E-state index in [2.05, 4.69) is 25.5 Å². The molecule has 3 aromatic heterocycles. The fourth-order valence-electron chi connectivity index (χ4n) is 3.94. The number of hydrogen-bond acceptors (Lipinski definition) is 7. The van der Waals surface area contributed by atoms with E-state index >= 15 is 0 Å². The Morgan fingerprint density at radius 2 is 1.85 bits per heavy atom. The molecule has 0 radical (unpaired) electrons. The molecule has 168 valence electrons. The highest BCUT2D eigenvalue weighted by Gasteiger charge is 2.14. The van der Waals surface area contributed by atoms with Gasteiger partial charge in [-0.15, -0.1) is 0 Å². The average molecular weight is 444 g/mol. The highest BCUT2D eigenvalue weighted by molar-refractivity contribution is 5.92. The molecule has 0 atom stereocenters. The van der Waals surface area contributed by atoms with Gasteiger partial charge in [-0.05, 0) is 43.2 Å². The van der Waals surface area contributed by atoms with Crippen LogP contribution in [0.15, 0.2) is 54.9 Å². The number of fused-ring (bicyclic) bond motifs is 1. The number of ether oxygens (including phenoxy) is 1. The Morgan fingerprint density at radius 3 is 2.61 bits per heavy atom. The molecule has 1 aliphatic rings. The van der Waals surface area contributed by atoms with Crippen molar-refractivity contribution in [1.29, 1.82) is 0 Å². The van der Waals surface area contributed by atoms with E-state index in [9.17, 15) is 4.79 Å². The second-order valence-corrected chi connectivity index (χ2v) is 7.93. The molecule has 0 unspecified atom stereocenters. The van der Waals surface area contributed by atoms with E-state index in [1.165, 1.54) is 12.8 Å². The van der Waals surface area contributed by atoms with Crippen LogP contribution >= 0.6 is 0 Å². The Labute approximate surface area is 191 Å². The molecule has 2 N–H and O–H groups in total. The maximum atomic E-state index is 11.8. The Hall–Kier alpha value is -4.14. The second kappa shape index (κ2) is 8.78. The molecule has 5 rings (SSSR count). The summed E-state index contributed by atoms with van der Waals surface area (Å²) in [6, 6.07) is 13.1. The third kappa shape index (κ3) is 4.30. The quantitative estimate of drug-likeness (QED) is 0.467.